The van der Waals surface area contributed by atoms with E-state index in [9.17, 15) is 0 Å². The fourth-order valence-electron chi connectivity index (χ4n) is 1.10. The van der Waals surface area contributed by atoms with Crippen molar-refractivity contribution in [1.82, 2.24) is 19.7 Å². The lowest BCUT2D eigenvalue weighted by Gasteiger charge is -2.03. The van der Waals surface area contributed by atoms with Crippen LogP contribution >= 0.6 is 11.6 Å². The molecule has 0 atom stereocenters. The number of nitrogen functional groups attached to an aromatic ring is 1. The van der Waals surface area contributed by atoms with E-state index in [2.05, 4.69) is 15.1 Å². The normalized spacial score (nSPS) is 10.4. The first kappa shape index (κ1) is 8.96. The molecule has 2 N–H and O–H groups in total. The van der Waals surface area contributed by atoms with Gasteiger partial charge in [0.2, 0.25) is 5.28 Å². The second-order valence-corrected chi connectivity index (χ2v) is 3.20. The lowest BCUT2D eigenvalue weighted by Crippen LogP contribution is -2.02. The SMILES string of the molecule is Cc1cnc(Cl)nc1-n1cc(N)cn1. The maximum atomic E-state index is 5.68. The van der Waals surface area contributed by atoms with Crippen LogP contribution < -0.4 is 5.73 Å². The van der Waals surface area contributed by atoms with Gasteiger partial charge in [-0.2, -0.15) is 10.1 Å². The molecule has 0 fully saturated rings. The highest BCUT2D eigenvalue weighted by molar-refractivity contribution is 6.28. The summed E-state index contributed by atoms with van der Waals surface area (Å²) in [6.07, 6.45) is 4.86. The molecule has 0 spiro atoms. The first-order chi connectivity index (χ1) is 6.66. The first-order valence-electron chi connectivity index (χ1n) is 3.96. The molecule has 0 aromatic carbocycles. The third-order valence-electron chi connectivity index (χ3n) is 1.74. The van der Waals surface area contributed by atoms with Gasteiger partial charge in [-0.25, -0.2) is 9.67 Å². The number of hydrogen-bond acceptors (Lipinski definition) is 4. The highest BCUT2D eigenvalue weighted by atomic mass is 35.5. The van der Waals surface area contributed by atoms with E-state index < -0.39 is 0 Å². The number of nitrogens with two attached hydrogens (primary N) is 1. The Hall–Kier alpha value is -1.62. The maximum absolute atomic E-state index is 5.68. The van der Waals surface area contributed by atoms with Gasteiger partial charge in [-0.3, -0.25) is 0 Å². The summed E-state index contributed by atoms with van der Waals surface area (Å²) in [5, 5.41) is 4.22. The monoisotopic (exact) mass is 209 g/mol. The Kier molecular flexibility index (Phi) is 2.09. The molecule has 2 heterocycles. The second kappa shape index (κ2) is 3.26. The third kappa shape index (κ3) is 1.54. The van der Waals surface area contributed by atoms with Gasteiger partial charge in [-0.15, -0.1) is 0 Å². The lowest BCUT2D eigenvalue weighted by atomic mass is 10.3. The molecule has 5 nitrogen and oxygen atoms in total. The van der Waals surface area contributed by atoms with E-state index in [1.165, 1.54) is 0 Å². The van der Waals surface area contributed by atoms with E-state index >= 15 is 0 Å². The van der Waals surface area contributed by atoms with Crippen molar-refractivity contribution >= 4 is 17.3 Å². The van der Waals surface area contributed by atoms with Gasteiger partial charge >= 0.3 is 0 Å². The number of aryl methyl sites for hydroxylation is 1. The molecular formula is C8H8ClN5. The van der Waals surface area contributed by atoms with Gasteiger partial charge in [0.15, 0.2) is 5.82 Å². The summed E-state index contributed by atoms with van der Waals surface area (Å²) in [4.78, 5) is 7.91. The Morgan fingerprint density at radius 2 is 2.21 bits per heavy atom. The van der Waals surface area contributed by atoms with Gasteiger partial charge in [0, 0.05) is 11.8 Å². The van der Waals surface area contributed by atoms with Crippen LogP contribution in [-0.2, 0) is 0 Å². The molecule has 0 saturated heterocycles. The Balaban J connectivity index is 2.55. The number of rotatable bonds is 1. The van der Waals surface area contributed by atoms with Crippen LogP contribution in [0.3, 0.4) is 0 Å². The van der Waals surface area contributed by atoms with E-state index in [0.29, 0.717) is 11.5 Å². The third-order valence-corrected chi connectivity index (χ3v) is 1.92. The lowest BCUT2D eigenvalue weighted by molar-refractivity contribution is 0.829. The smallest absolute Gasteiger partial charge is 0.224 e. The Labute approximate surface area is 85.5 Å². The molecule has 2 aromatic rings. The zero-order valence-electron chi connectivity index (χ0n) is 7.48. The topological polar surface area (TPSA) is 69.6 Å². The summed E-state index contributed by atoms with van der Waals surface area (Å²) >= 11 is 5.68. The van der Waals surface area contributed by atoms with Crippen LogP contribution in [0.2, 0.25) is 5.28 Å². The van der Waals surface area contributed by atoms with Crippen molar-refractivity contribution < 1.29 is 0 Å². The van der Waals surface area contributed by atoms with E-state index in [-0.39, 0.29) is 5.28 Å². The zero-order chi connectivity index (χ0) is 10.1. The minimum absolute atomic E-state index is 0.194. The summed E-state index contributed by atoms with van der Waals surface area (Å²) < 4.78 is 1.57. The molecule has 0 aliphatic rings. The molecule has 0 bridgehead atoms. The van der Waals surface area contributed by atoms with Crippen molar-refractivity contribution in [1.29, 1.82) is 0 Å². The summed E-state index contributed by atoms with van der Waals surface area (Å²) in [5.41, 5.74) is 7.01. The van der Waals surface area contributed by atoms with Gasteiger partial charge in [-0.1, -0.05) is 0 Å². The summed E-state index contributed by atoms with van der Waals surface area (Å²) in [7, 11) is 0. The molecule has 72 valence electrons. The molecule has 0 radical (unpaired) electrons. The molecule has 14 heavy (non-hydrogen) atoms. The highest BCUT2D eigenvalue weighted by Gasteiger charge is 2.05. The van der Waals surface area contributed by atoms with Gasteiger partial charge < -0.3 is 5.73 Å². The van der Waals surface area contributed by atoms with Crippen molar-refractivity contribution in [2.45, 2.75) is 6.92 Å². The van der Waals surface area contributed by atoms with Crippen LogP contribution in [0.15, 0.2) is 18.6 Å². The fourth-order valence-corrected chi connectivity index (χ4v) is 1.23. The molecular weight excluding hydrogens is 202 g/mol. The van der Waals surface area contributed by atoms with Gasteiger partial charge in [0.1, 0.15) is 0 Å². The Bertz CT molecular complexity index is 465. The Morgan fingerprint density at radius 3 is 2.86 bits per heavy atom. The van der Waals surface area contributed by atoms with Crippen molar-refractivity contribution in [3.8, 4) is 5.82 Å². The van der Waals surface area contributed by atoms with Crippen LogP contribution in [0, 0.1) is 6.92 Å². The minimum Gasteiger partial charge on any atom is -0.396 e. The van der Waals surface area contributed by atoms with Crippen LogP contribution in [-0.4, -0.2) is 19.7 Å². The first-order valence-corrected chi connectivity index (χ1v) is 4.34. The maximum Gasteiger partial charge on any atom is 0.224 e. The molecule has 0 aliphatic carbocycles. The van der Waals surface area contributed by atoms with Crippen LogP contribution in [0.5, 0.6) is 0 Å². The minimum atomic E-state index is 0.194. The average molecular weight is 210 g/mol. The van der Waals surface area contributed by atoms with Crippen LogP contribution in [0.1, 0.15) is 5.56 Å². The van der Waals surface area contributed by atoms with Crippen LogP contribution in [0.25, 0.3) is 5.82 Å². The molecule has 0 saturated carbocycles. The quantitative estimate of drug-likeness (QED) is 0.717. The number of aromatic nitrogens is 4. The predicted molar refractivity (Wildman–Crippen MR) is 53.3 cm³/mol. The van der Waals surface area contributed by atoms with E-state index in [0.717, 1.165) is 5.56 Å². The zero-order valence-corrected chi connectivity index (χ0v) is 8.23. The molecule has 0 aliphatic heterocycles. The standard InChI is InChI=1S/C8H8ClN5/c1-5-2-11-8(9)13-7(5)14-4-6(10)3-12-14/h2-4H,10H2,1H3. The average Bonchev–Trinajstić information content (AvgIpc) is 2.56. The van der Waals surface area contributed by atoms with Gasteiger partial charge in [0.05, 0.1) is 18.1 Å². The summed E-state index contributed by atoms with van der Waals surface area (Å²) in [6, 6.07) is 0. The second-order valence-electron chi connectivity index (χ2n) is 2.86. The summed E-state index contributed by atoms with van der Waals surface area (Å²) in [5.74, 6) is 0.640. The molecule has 2 aromatic heterocycles. The van der Waals surface area contributed by atoms with E-state index in [1.807, 2.05) is 6.92 Å². The molecule has 0 amide bonds. The molecule has 6 heteroatoms. The van der Waals surface area contributed by atoms with Crippen molar-refractivity contribution in [2.75, 3.05) is 5.73 Å². The molecule has 0 unspecified atom stereocenters. The Morgan fingerprint density at radius 1 is 1.43 bits per heavy atom. The van der Waals surface area contributed by atoms with E-state index in [1.54, 1.807) is 23.3 Å². The largest absolute Gasteiger partial charge is 0.396 e. The van der Waals surface area contributed by atoms with Gasteiger partial charge in [-0.05, 0) is 18.5 Å². The number of anilines is 1. The van der Waals surface area contributed by atoms with Crippen molar-refractivity contribution in [3.63, 3.8) is 0 Å². The number of hydrogen-bond donors (Lipinski definition) is 1. The fraction of sp³-hybridized carbons (Fsp3) is 0.125. The predicted octanol–water partition coefficient (Wildman–Crippen LogP) is 1.21. The van der Waals surface area contributed by atoms with E-state index in [4.69, 9.17) is 17.3 Å². The summed E-state index contributed by atoms with van der Waals surface area (Å²) in [6.45, 7) is 1.88. The van der Waals surface area contributed by atoms with Crippen molar-refractivity contribution in [3.05, 3.63) is 29.4 Å². The van der Waals surface area contributed by atoms with Gasteiger partial charge in [0.25, 0.3) is 0 Å². The number of halogens is 1. The highest BCUT2D eigenvalue weighted by Crippen LogP contribution is 2.12. The number of nitrogens with zero attached hydrogens (tertiary/aromatic N) is 4. The van der Waals surface area contributed by atoms with Crippen LogP contribution in [0.4, 0.5) is 5.69 Å². The molecule has 2 rings (SSSR count). The van der Waals surface area contributed by atoms with Crippen molar-refractivity contribution in [2.24, 2.45) is 0 Å².